The van der Waals surface area contributed by atoms with Crippen molar-refractivity contribution in [2.45, 2.75) is 353 Å². The molecule has 2 atom stereocenters. The van der Waals surface area contributed by atoms with Gasteiger partial charge in [0, 0.05) is 12.8 Å². The number of nitrogens with one attached hydrogen (secondary N) is 1. The topological polar surface area (TPSA) is 95.9 Å². The molecule has 398 valence electrons. The molecule has 6 nitrogen and oxygen atoms in total. The van der Waals surface area contributed by atoms with Crippen molar-refractivity contribution in [1.29, 1.82) is 0 Å². The van der Waals surface area contributed by atoms with Crippen LogP contribution in [0.5, 0.6) is 0 Å². The van der Waals surface area contributed by atoms with E-state index in [1.165, 1.54) is 231 Å². The first kappa shape index (κ1) is 65.6. The van der Waals surface area contributed by atoms with Crippen LogP contribution in [0.4, 0.5) is 0 Å². The van der Waals surface area contributed by atoms with Crippen molar-refractivity contribution < 1.29 is 24.5 Å². The summed E-state index contributed by atoms with van der Waals surface area (Å²) >= 11 is 0. The molecule has 0 bridgehead atoms. The number of carbonyl (C=O) groups excluding carboxylic acids is 2. The number of unbranched alkanes of at least 4 members (excludes halogenated alkanes) is 44. The molecule has 0 aromatic heterocycles. The third-order valence-corrected chi connectivity index (χ3v) is 14.3. The zero-order chi connectivity index (χ0) is 48.6. The van der Waals surface area contributed by atoms with Gasteiger partial charge < -0.3 is 20.3 Å². The Morgan fingerprint density at radius 2 is 0.701 bits per heavy atom. The van der Waals surface area contributed by atoms with E-state index in [1.807, 2.05) is 0 Å². The number of rotatable bonds is 57. The Morgan fingerprint density at radius 3 is 1.06 bits per heavy atom. The van der Waals surface area contributed by atoms with Gasteiger partial charge in [0.25, 0.3) is 0 Å². The van der Waals surface area contributed by atoms with Crippen LogP contribution in [0.25, 0.3) is 0 Å². The Bertz CT molecular complexity index is 1000. The summed E-state index contributed by atoms with van der Waals surface area (Å²) < 4.78 is 5.46. The Labute approximate surface area is 419 Å². The molecule has 0 aromatic rings. The molecular weight excluding hydrogens is 827 g/mol. The standard InChI is InChI=1S/C61H119NO5/c1-3-5-7-9-11-13-15-17-19-20-21-22-23-24-25-26-28-29-33-37-41-45-49-53-59(64)58(57-63)62-60(65)54-50-46-42-38-34-31-32-36-40-44-48-52-56-67-61(66)55-51-47-43-39-35-30-27-18-16-14-12-10-8-6-4-2/h32,36,58-59,63-64H,3-31,33-35,37-57H2,1-2H3,(H,62,65)/b36-32-. The van der Waals surface area contributed by atoms with E-state index in [-0.39, 0.29) is 18.5 Å². The molecule has 0 aliphatic heterocycles. The normalized spacial score (nSPS) is 12.6. The molecule has 0 heterocycles. The second-order valence-electron chi connectivity index (χ2n) is 21.0. The van der Waals surface area contributed by atoms with Gasteiger partial charge in [-0.25, -0.2) is 0 Å². The van der Waals surface area contributed by atoms with Crippen molar-refractivity contribution in [2.75, 3.05) is 13.2 Å². The highest BCUT2D eigenvalue weighted by Gasteiger charge is 2.20. The Kier molecular flexibility index (Phi) is 56.0. The van der Waals surface area contributed by atoms with Crippen molar-refractivity contribution in [2.24, 2.45) is 0 Å². The fourth-order valence-corrected chi connectivity index (χ4v) is 9.64. The highest BCUT2D eigenvalue weighted by Crippen LogP contribution is 2.18. The predicted molar refractivity (Wildman–Crippen MR) is 292 cm³/mol. The lowest BCUT2D eigenvalue weighted by Gasteiger charge is -2.22. The largest absolute Gasteiger partial charge is 0.466 e. The second-order valence-corrected chi connectivity index (χ2v) is 21.0. The van der Waals surface area contributed by atoms with Gasteiger partial charge in [0.05, 0.1) is 25.4 Å². The van der Waals surface area contributed by atoms with Crippen molar-refractivity contribution in [3.63, 3.8) is 0 Å². The SMILES string of the molecule is CCCCCCCCCCCCCCCCCCCCCCCCCC(O)C(CO)NC(=O)CCCCCCC/C=C\CCCCCOC(=O)CCCCCCCCCCCCCCCCC. The van der Waals surface area contributed by atoms with Gasteiger partial charge in [-0.3, -0.25) is 9.59 Å². The zero-order valence-electron chi connectivity index (χ0n) is 45.4. The quantitative estimate of drug-likeness (QED) is 0.0321. The van der Waals surface area contributed by atoms with Gasteiger partial charge >= 0.3 is 5.97 Å². The summed E-state index contributed by atoms with van der Waals surface area (Å²) in [5.41, 5.74) is 0. The van der Waals surface area contributed by atoms with Gasteiger partial charge in [0.2, 0.25) is 5.91 Å². The molecular formula is C61H119NO5. The van der Waals surface area contributed by atoms with E-state index >= 15 is 0 Å². The van der Waals surface area contributed by atoms with E-state index in [0.717, 1.165) is 77.0 Å². The first-order valence-corrected chi connectivity index (χ1v) is 30.4. The third-order valence-electron chi connectivity index (χ3n) is 14.3. The fraction of sp³-hybridized carbons (Fsp3) is 0.934. The average Bonchev–Trinajstić information content (AvgIpc) is 3.33. The molecule has 0 rings (SSSR count). The maximum absolute atomic E-state index is 12.5. The molecule has 6 heteroatoms. The first-order valence-electron chi connectivity index (χ1n) is 30.4. The molecule has 0 saturated heterocycles. The van der Waals surface area contributed by atoms with Crippen molar-refractivity contribution in [3.05, 3.63) is 12.2 Å². The summed E-state index contributed by atoms with van der Waals surface area (Å²) in [5.74, 6) is -0.0751. The van der Waals surface area contributed by atoms with Crippen molar-refractivity contribution in [1.82, 2.24) is 5.32 Å². The summed E-state index contributed by atoms with van der Waals surface area (Å²) in [6.07, 6.45) is 67.8. The molecule has 0 saturated carbocycles. The lowest BCUT2D eigenvalue weighted by Crippen LogP contribution is -2.45. The second kappa shape index (κ2) is 57.2. The minimum atomic E-state index is -0.681. The lowest BCUT2D eigenvalue weighted by atomic mass is 10.0. The average molecular weight is 947 g/mol. The molecule has 67 heavy (non-hydrogen) atoms. The van der Waals surface area contributed by atoms with Gasteiger partial charge in [-0.2, -0.15) is 0 Å². The number of allylic oxidation sites excluding steroid dienone is 2. The van der Waals surface area contributed by atoms with E-state index in [9.17, 15) is 19.8 Å². The highest BCUT2D eigenvalue weighted by atomic mass is 16.5. The molecule has 3 N–H and O–H groups in total. The van der Waals surface area contributed by atoms with Crippen LogP contribution in [0.3, 0.4) is 0 Å². The number of esters is 1. The number of aliphatic hydroxyl groups excluding tert-OH is 2. The van der Waals surface area contributed by atoms with Gasteiger partial charge in [0.1, 0.15) is 0 Å². The smallest absolute Gasteiger partial charge is 0.305 e. The van der Waals surface area contributed by atoms with Crippen molar-refractivity contribution >= 4 is 11.9 Å². The maximum Gasteiger partial charge on any atom is 0.305 e. The Balaban J connectivity index is 3.47. The number of hydrogen-bond donors (Lipinski definition) is 3. The minimum absolute atomic E-state index is 0.0186. The number of hydrogen-bond acceptors (Lipinski definition) is 5. The zero-order valence-corrected chi connectivity index (χ0v) is 45.4. The van der Waals surface area contributed by atoms with Crippen molar-refractivity contribution in [3.8, 4) is 0 Å². The van der Waals surface area contributed by atoms with Crippen LogP contribution in [0.1, 0.15) is 341 Å². The maximum atomic E-state index is 12.5. The summed E-state index contributed by atoms with van der Waals surface area (Å²) in [7, 11) is 0. The predicted octanol–water partition coefficient (Wildman–Crippen LogP) is 18.9. The molecule has 0 fully saturated rings. The van der Waals surface area contributed by atoms with Crippen LogP contribution in [0.2, 0.25) is 0 Å². The summed E-state index contributed by atoms with van der Waals surface area (Å²) in [4.78, 5) is 24.6. The molecule has 0 radical (unpaired) electrons. The lowest BCUT2D eigenvalue weighted by molar-refractivity contribution is -0.143. The Morgan fingerprint density at radius 1 is 0.403 bits per heavy atom. The van der Waals surface area contributed by atoms with Gasteiger partial charge in [-0.05, 0) is 57.8 Å². The highest BCUT2D eigenvalue weighted by molar-refractivity contribution is 5.76. The van der Waals surface area contributed by atoms with E-state index in [2.05, 4.69) is 31.3 Å². The fourth-order valence-electron chi connectivity index (χ4n) is 9.64. The van der Waals surface area contributed by atoms with Crippen LogP contribution in [-0.2, 0) is 14.3 Å². The molecule has 2 unspecified atom stereocenters. The van der Waals surface area contributed by atoms with Gasteiger partial charge in [-0.15, -0.1) is 0 Å². The molecule has 0 spiro atoms. The third kappa shape index (κ3) is 53.8. The van der Waals surface area contributed by atoms with Crippen LogP contribution >= 0.6 is 0 Å². The number of amides is 1. The number of ether oxygens (including phenoxy) is 1. The first-order chi connectivity index (χ1) is 33.0. The van der Waals surface area contributed by atoms with Crippen LogP contribution in [0, 0.1) is 0 Å². The summed E-state index contributed by atoms with van der Waals surface area (Å²) in [5, 5.41) is 23.3. The number of aliphatic hydroxyl groups is 2. The molecule has 0 aliphatic rings. The molecule has 1 amide bonds. The van der Waals surface area contributed by atoms with E-state index in [0.29, 0.717) is 25.9 Å². The monoisotopic (exact) mass is 946 g/mol. The van der Waals surface area contributed by atoms with Gasteiger partial charge in [-0.1, -0.05) is 283 Å². The molecule has 0 aromatic carbocycles. The molecule has 0 aliphatic carbocycles. The van der Waals surface area contributed by atoms with Crippen LogP contribution in [0.15, 0.2) is 12.2 Å². The minimum Gasteiger partial charge on any atom is -0.466 e. The van der Waals surface area contributed by atoms with Gasteiger partial charge in [0.15, 0.2) is 0 Å². The van der Waals surface area contributed by atoms with E-state index in [4.69, 9.17) is 4.74 Å². The van der Waals surface area contributed by atoms with E-state index in [1.54, 1.807) is 0 Å². The van der Waals surface area contributed by atoms with E-state index < -0.39 is 12.1 Å². The summed E-state index contributed by atoms with van der Waals surface area (Å²) in [6.45, 7) is 4.93. The van der Waals surface area contributed by atoms with Crippen LogP contribution in [-0.4, -0.2) is 47.4 Å². The van der Waals surface area contributed by atoms with Crippen LogP contribution < -0.4 is 5.32 Å². The number of carbonyl (C=O) groups is 2. The Hall–Kier alpha value is -1.40. The summed E-state index contributed by atoms with van der Waals surface area (Å²) in [6, 6.07) is -0.560.